The second-order valence-corrected chi connectivity index (χ2v) is 5.64. The van der Waals surface area contributed by atoms with Crippen LogP contribution in [0.5, 0.6) is 23.0 Å². The molecular weight excluding hydrogens is 366 g/mol. The number of hydrogen-bond acceptors (Lipinski definition) is 6. The highest BCUT2D eigenvalue weighted by molar-refractivity contribution is 5.94. The van der Waals surface area contributed by atoms with Crippen molar-refractivity contribution in [3.63, 3.8) is 0 Å². The number of amides is 1. The van der Waals surface area contributed by atoms with Gasteiger partial charge in [0.25, 0.3) is 5.91 Å². The highest BCUT2D eigenvalue weighted by Crippen LogP contribution is 2.29. The number of rotatable bonds is 10. The van der Waals surface area contributed by atoms with Crippen LogP contribution in [0, 0.1) is 0 Å². The van der Waals surface area contributed by atoms with E-state index >= 15 is 0 Å². The van der Waals surface area contributed by atoms with Crippen molar-refractivity contribution in [1.82, 2.24) is 5.32 Å². The third kappa shape index (κ3) is 5.54. The van der Waals surface area contributed by atoms with Gasteiger partial charge in [-0.15, -0.1) is 0 Å². The number of ether oxygens (including phenoxy) is 4. The second-order valence-electron chi connectivity index (χ2n) is 5.64. The molecule has 8 heteroatoms. The Labute approximate surface area is 163 Å². The average Bonchev–Trinajstić information content (AvgIpc) is 2.70. The lowest BCUT2D eigenvalue weighted by Gasteiger charge is -2.13. The first kappa shape index (κ1) is 20.9. The molecule has 0 bridgehead atoms. The molecule has 0 unspecified atom stereocenters. The van der Waals surface area contributed by atoms with Gasteiger partial charge in [-0.05, 0) is 37.3 Å². The molecule has 1 amide bonds. The molecule has 2 N–H and O–H groups in total. The van der Waals surface area contributed by atoms with Gasteiger partial charge >= 0.3 is 5.97 Å². The molecule has 0 spiro atoms. The van der Waals surface area contributed by atoms with E-state index in [1.807, 2.05) is 6.07 Å². The van der Waals surface area contributed by atoms with Gasteiger partial charge in [0, 0.05) is 23.7 Å². The zero-order valence-corrected chi connectivity index (χ0v) is 16.0. The summed E-state index contributed by atoms with van der Waals surface area (Å²) in [5.41, 5.74) is 1.15. The summed E-state index contributed by atoms with van der Waals surface area (Å²) in [6, 6.07) is 9.90. The number of carbonyl (C=O) groups excluding carboxylic acids is 1. The quantitative estimate of drug-likeness (QED) is 0.643. The molecule has 0 aliphatic rings. The maximum atomic E-state index is 12.5. The number of nitrogens with one attached hydrogen (secondary N) is 1. The van der Waals surface area contributed by atoms with Gasteiger partial charge in [0.2, 0.25) is 0 Å². The lowest BCUT2D eigenvalue weighted by Crippen LogP contribution is -2.23. The first-order chi connectivity index (χ1) is 13.5. The third-order valence-electron chi connectivity index (χ3n) is 3.79. The minimum atomic E-state index is -1.10. The van der Waals surface area contributed by atoms with Crippen LogP contribution in [0.1, 0.15) is 22.8 Å². The highest BCUT2D eigenvalue weighted by Gasteiger charge is 2.14. The molecule has 0 heterocycles. The van der Waals surface area contributed by atoms with Crippen molar-refractivity contribution in [3.05, 3.63) is 47.5 Å². The summed E-state index contributed by atoms with van der Waals surface area (Å²) in [6.45, 7) is 1.89. The van der Waals surface area contributed by atoms with Crippen molar-refractivity contribution in [2.24, 2.45) is 0 Å². The van der Waals surface area contributed by atoms with Crippen molar-refractivity contribution in [3.8, 4) is 23.0 Å². The van der Waals surface area contributed by atoms with Gasteiger partial charge in [0.05, 0.1) is 20.8 Å². The Kier molecular flexibility index (Phi) is 7.50. The maximum absolute atomic E-state index is 12.5. The lowest BCUT2D eigenvalue weighted by molar-refractivity contribution is -0.139. The molecule has 8 nitrogen and oxygen atoms in total. The Morgan fingerprint density at radius 3 is 2.39 bits per heavy atom. The molecule has 28 heavy (non-hydrogen) atoms. The molecule has 0 saturated heterocycles. The number of hydrogen-bond donors (Lipinski definition) is 2. The molecule has 0 saturated carbocycles. The summed E-state index contributed by atoms with van der Waals surface area (Å²) in [5, 5.41) is 11.6. The summed E-state index contributed by atoms with van der Waals surface area (Å²) >= 11 is 0. The van der Waals surface area contributed by atoms with E-state index in [1.165, 1.54) is 12.1 Å². The van der Waals surface area contributed by atoms with Crippen LogP contribution >= 0.6 is 0 Å². The van der Waals surface area contributed by atoms with Crippen LogP contribution in [0.25, 0.3) is 0 Å². The number of benzene rings is 2. The Balaban J connectivity index is 2.11. The minimum Gasteiger partial charge on any atom is -0.497 e. The van der Waals surface area contributed by atoms with Crippen LogP contribution in [-0.2, 0) is 11.3 Å². The van der Waals surface area contributed by atoms with Gasteiger partial charge in [0.1, 0.15) is 11.5 Å². The molecule has 2 aromatic rings. The van der Waals surface area contributed by atoms with E-state index in [1.54, 1.807) is 39.3 Å². The fourth-order valence-electron chi connectivity index (χ4n) is 2.45. The first-order valence-electron chi connectivity index (χ1n) is 8.59. The van der Waals surface area contributed by atoms with Gasteiger partial charge < -0.3 is 29.4 Å². The molecule has 0 atom stereocenters. The molecule has 0 fully saturated rings. The predicted octanol–water partition coefficient (Wildman–Crippen LogP) is 2.50. The van der Waals surface area contributed by atoms with Crippen LogP contribution < -0.4 is 24.3 Å². The fourth-order valence-corrected chi connectivity index (χ4v) is 2.45. The van der Waals surface area contributed by atoms with E-state index in [9.17, 15) is 9.59 Å². The predicted molar refractivity (Wildman–Crippen MR) is 101 cm³/mol. The topological polar surface area (TPSA) is 103 Å². The summed E-state index contributed by atoms with van der Waals surface area (Å²) in [4.78, 5) is 23.2. The standard InChI is InChI=1S/C20H23NO7/c1-4-27-18-9-13(6-8-16(18)28-12-19(22)23)20(24)21-11-14-5-7-15(25-2)10-17(14)26-3/h5-10H,4,11-12H2,1-3H3,(H,21,24)(H,22,23). The summed E-state index contributed by atoms with van der Waals surface area (Å²) < 4.78 is 21.1. The van der Waals surface area contributed by atoms with Gasteiger partial charge in [-0.3, -0.25) is 4.79 Å². The van der Waals surface area contributed by atoms with Gasteiger partial charge in [-0.25, -0.2) is 4.79 Å². The highest BCUT2D eigenvalue weighted by atomic mass is 16.5. The number of methoxy groups -OCH3 is 2. The normalized spacial score (nSPS) is 10.1. The molecule has 150 valence electrons. The number of carbonyl (C=O) groups is 2. The number of carboxylic acids is 1. The second kappa shape index (κ2) is 10.1. The summed E-state index contributed by atoms with van der Waals surface area (Å²) in [5.74, 6) is 0.412. The molecule has 0 radical (unpaired) electrons. The van der Waals surface area contributed by atoms with Crippen molar-refractivity contribution in [1.29, 1.82) is 0 Å². The number of aliphatic carboxylic acids is 1. The molecule has 2 rings (SSSR count). The van der Waals surface area contributed by atoms with E-state index in [2.05, 4.69) is 5.32 Å². The Hall–Kier alpha value is -3.42. The largest absolute Gasteiger partial charge is 0.497 e. The maximum Gasteiger partial charge on any atom is 0.341 e. The van der Waals surface area contributed by atoms with E-state index in [4.69, 9.17) is 24.1 Å². The monoisotopic (exact) mass is 389 g/mol. The minimum absolute atomic E-state index is 0.257. The summed E-state index contributed by atoms with van der Waals surface area (Å²) in [7, 11) is 3.11. The summed E-state index contributed by atoms with van der Waals surface area (Å²) in [6.07, 6.45) is 0. The Morgan fingerprint density at radius 1 is 0.964 bits per heavy atom. The third-order valence-corrected chi connectivity index (χ3v) is 3.79. The zero-order chi connectivity index (χ0) is 20.5. The van der Waals surface area contributed by atoms with Crippen molar-refractivity contribution in [2.45, 2.75) is 13.5 Å². The van der Waals surface area contributed by atoms with Crippen LogP contribution in [0.15, 0.2) is 36.4 Å². The molecule has 0 aromatic heterocycles. The van der Waals surface area contributed by atoms with Crippen LogP contribution in [-0.4, -0.2) is 44.4 Å². The Bertz CT molecular complexity index is 835. The van der Waals surface area contributed by atoms with Gasteiger partial charge in [-0.1, -0.05) is 0 Å². The van der Waals surface area contributed by atoms with E-state index < -0.39 is 12.6 Å². The van der Waals surface area contributed by atoms with E-state index in [0.717, 1.165) is 5.56 Å². The average molecular weight is 389 g/mol. The lowest BCUT2D eigenvalue weighted by atomic mass is 10.1. The molecular formula is C20H23NO7. The first-order valence-corrected chi connectivity index (χ1v) is 8.59. The van der Waals surface area contributed by atoms with Crippen molar-refractivity contribution >= 4 is 11.9 Å². The molecule has 0 aliphatic carbocycles. The van der Waals surface area contributed by atoms with Crippen LogP contribution in [0.4, 0.5) is 0 Å². The zero-order valence-electron chi connectivity index (χ0n) is 16.0. The van der Waals surface area contributed by atoms with Crippen LogP contribution in [0.2, 0.25) is 0 Å². The smallest absolute Gasteiger partial charge is 0.341 e. The van der Waals surface area contributed by atoms with Crippen molar-refractivity contribution in [2.75, 3.05) is 27.4 Å². The van der Waals surface area contributed by atoms with E-state index in [0.29, 0.717) is 29.4 Å². The van der Waals surface area contributed by atoms with E-state index in [-0.39, 0.29) is 18.2 Å². The van der Waals surface area contributed by atoms with Crippen LogP contribution in [0.3, 0.4) is 0 Å². The molecule has 0 aliphatic heterocycles. The van der Waals surface area contributed by atoms with Gasteiger partial charge in [0.15, 0.2) is 18.1 Å². The SMILES string of the molecule is CCOc1cc(C(=O)NCc2ccc(OC)cc2OC)ccc1OCC(=O)O. The Morgan fingerprint density at radius 2 is 1.75 bits per heavy atom. The fraction of sp³-hybridized carbons (Fsp3) is 0.300. The number of carboxylic acid groups (broad SMARTS) is 1. The van der Waals surface area contributed by atoms with Gasteiger partial charge in [-0.2, -0.15) is 0 Å². The molecule has 2 aromatic carbocycles. The van der Waals surface area contributed by atoms with Crippen molar-refractivity contribution < 1.29 is 33.6 Å².